The van der Waals surface area contributed by atoms with Crippen molar-refractivity contribution in [1.29, 1.82) is 5.26 Å². The van der Waals surface area contributed by atoms with Crippen molar-refractivity contribution in [2.75, 3.05) is 4.72 Å². The first kappa shape index (κ1) is 14.5. The van der Waals surface area contributed by atoms with Crippen LogP contribution in [0, 0.1) is 25.2 Å². The highest BCUT2D eigenvalue weighted by Crippen LogP contribution is 2.34. The van der Waals surface area contributed by atoms with Crippen molar-refractivity contribution >= 4 is 53.6 Å². The average Bonchev–Trinajstić information content (AvgIpc) is 2.85. The van der Waals surface area contributed by atoms with Crippen molar-refractivity contribution in [3.8, 4) is 6.07 Å². The van der Waals surface area contributed by atoms with Gasteiger partial charge in [-0.2, -0.15) is 5.26 Å². The lowest BCUT2D eigenvalue weighted by molar-refractivity contribution is 0.603. The number of halogens is 1. The predicted octanol–water partition coefficient (Wildman–Crippen LogP) is 3.86. The van der Waals surface area contributed by atoms with Gasteiger partial charge in [0.1, 0.15) is 15.3 Å². The van der Waals surface area contributed by atoms with Gasteiger partial charge in [-0.05, 0) is 47.5 Å². The normalized spacial score (nSPS) is 11.3. The molecule has 0 fully saturated rings. The van der Waals surface area contributed by atoms with Crippen LogP contribution in [0.15, 0.2) is 20.1 Å². The third kappa shape index (κ3) is 2.84. The fourth-order valence-corrected chi connectivity index (χ4v) is 5.77. The first-order valence-corrected chi connectivity index (χ1v) is 9.04. The number of anilines is 1. The Bertz CT molecular complexity index is 768. The number of aryl methyl sites for hydroxylation is 1. The van der Waals surface area contributed by atoms with Crippen LogP contribution in [0.2, 0.25) is 0 Å². The van der Waals surface area contributed by atoms with Gasteiger partial charge in [0.05, 0.1) is 9.35 Å². The second-order valence-corrected chi connectivity index (χ2v) is 9.36. The van der Waals surface area contributed by atoms with Crippen LogP contribution in [0.4, 0.5) is 5.00 Å². The standard InChI is InChI=1S/C11H9BrN2O2S3/c1-6-7(2)17-11(8(6)5-13)14-19(15,16)10-4-3-9(12)18-10/h3-4,14H,1-2H3. The molecule has 0 bridgehead atoms. The summed E-state index contributed by atoms with van der Waals surface area (Å²) in [6, 6.07) is 5.24. The van der Waals surface area contributed by atoms with Gasteiger partial charge in [-0.15, -0.1) is 22.7 Å². The molecule has 2 rings (SSSR count). The molecule has 0 aliphatic rings. The van der Waals surface area contributed by atoms with Crippen molar-refractivity contribution in [3.63, 3.8) is 0 Å². The summed E-state index contributed by atoms with van der Waals surface area (Å²) in [5.41, 5.74) is 1.21. The van der Waals surface area contributed by atoms with Crippen molar-refractivity contribution in [2.45, 2.75) is 18.1 Å². The number of rotatable bonds is 3. The Kier molecular flexibility index (Phi) is 4.01. The summed E-state index contributed by atoms with van der Waals surface area (Å²) in [6.45, 7) is 3.67. The van der Waals surface area contributed by atoms with Gasteiger partial charge in [-0.1, -0.05) is 0 Å². The van der Waals surface area contributed by atoms with E-state index >= 15 is 0 Å². The summed E-state index contributed by atoms with van der Waals surface area (Å²) in [7, 11) is -3.63. The van der Waals surface area contributed by atoms with Crippen LogP contribution >= 0.6 is 38.6 Å². The van der Waals surface area contributed by atoms with Crippen LogP contribution in [0.3, 0.4) is 0 Å². The van der Waals surface area contributed by atoms with Crippen molar-refractivity contribution in [3.05, 3.63) is 31.9 Å². The maximum atomic E-state index is 12.2. The van der Waals surface area contributed by atoms with Gasteiger partial charge in [-0.25, -0.2) is 8.42 Å². The number of nitrogens with zero attached hydrogens (tertiary/aromatic N) is 1. The van der Waals surface area contributed by atoms with Crippen LogP contribution < -0.4 is 4.72 Å². The molecule has 0 spiro atoms. The van der Waals surface area contributed by atoms with E-state index in [2.05, 4.69) is 20.7 Å². The molecule has 0 atom stereocenters. The molecular weight excluding hydrogens is 368 g/mol. The molecule has 0 aliphatic carbocycles. The maximum Gasteiger partial charge on any atom is 0.272 e. The van der Waals surface area contributed by atoms with Crippen molar-refractivity contribution in [1.82, 2.24) is 0 Å². The molecule has 2 aromatic heterocycles. The fraction of sp³-hybridized carbons (Fsp3) is 0.182. The van der Waals surface area contributed by atoms with E-state index in [0.29, 0.717) is 10.6 Å². The van der Waals surface area contributed by atoms with Crippen molar-refractivity contribution in [2.24, 2.45) is 0 Å². The molecule has 0 amide bonds. The van der Waals surface area contributed by atoms with E-state index in [4.69, 9.17) is 5.26 Å². The summed E-state index contributed by atoms with van der Waals surface area (Å²) in [5, 5.41) is 9.48. The third-order valence-corrected chi connectivity index (χ3v) is 7.25. The van der Waals surface area contributed by atoms with Crippen LogP contribution in [0.5, 0.6) is 0 Å². The van der Waals surface area contributed by atoms with Gasteiger partial charge < -0.3 is 0 Å². The molecule has 0 aromatic carbocycles. The lowest BCUT2D eigenvalue weighted by Crippen LogP contribution is -2.11. The number of nitriles is 1. The number of thiophene rings is 2. The van der Waals surface area contributed by atoms with E-state index in [1.54, 1.807) is 6.07 Å². The SMILES string of the molecule is Cc1sc(NS(=O)(=O)c2ccc(Br)s2)c(C#N)c1C. The zero-order valence-electron chi connectivity index (χ0n) is 10.0. The molecule has 0 radical (unpaired) electrons. The Morgan fingerprint density at radius 2 is 2.00 bits per heavy atom. The summed E-state index contributed by atoms with van der Waals surface area (Å²) in [4.78, 5) is 0.932. The molecule has 0 saturated carbocycles. The molecule has 0 saturated heterocycles. The zero-order chi connectivity index (χ0) is 14.2. The minimum atomic E-state index is -3.63. The summed E-state index contributed by atoms with van der Waals surface area (Å²) in [5.74, 6) is 0. The summed E-state index contributed by atoms with van der Waals surface area (Å²) in [6.07, 6.45) is 0. The molecule has 8 heteroatoms. The number of hydrogen-bond donors (Lipinski definition) is 1. The molecule has 4 nitrogen and oxygen atoms in total. The molecule has 0 aliphatic heterocycles. The third-order valence-electron chi connectivity index (χ3n) is 2.54. The van der Waals surface area contributed by atoms with Crippen LogP contribution in [-0.2, 0) is 10.0 Å². The molecule has 100 valence electrons. The highest BCUT2D eigenvalue weighted by molar-refractivity contribution is 9.11. The highest BCUT2D eigenvalue weighted by Gasteiger charge is 2.21. The molecular formula is C11H9BrN2O2S3. The summed E-state index contributed by atoms with van der Waals surface area (Å²) >= 11 is 5.63. The van der Waals surface area contributed by atoms with Crippen LogP contribution in [0.1, 0.15) is 16.0 Å². The Balaban J connectivity index is 2.42. The van der Waals surface area contributed by atoms with E-state index in [9.17, 15) is 8.42 Å². The molecule has 19 heavy (non-hydrogen) atoms. The first-order chi connectivity index (χ1) is 8.85. The van der Waals surface area contributed by atoms with Gasteiger partial charge in [0.15, 0.2) is 0 Å². The second-order valence-electron chi connectivity index (χ2n) is 3.76. The minimum Gasteiger partial charge on any atom is -0.269 e. The topological polar surface area (TPSA) is 70.0 Å². The monoisotopic (exact) mass is 376 g/mol. The Hall–Kier alpha value is -0.880. The van der Waals surface area contributed by atoms with Crippen LogP contribution in [0.25, 0.3) is 0 Å². The molecule has 0 unspecified atom stereocenters. The number of hydrogen-bond acceptors (Lipinski definition) is 5. The number of nitrogens with one attached hydrogen (secondary N) is 1. The largest absolute Gasteiger partial charge is 0.272 e. The zero-order valence-corrected chi connectivity index (χ0v) is 14.1. The first-order valence-electron chi connectivity index (χ1n) is 5.13. The van der Waals surface area contributed by atoms with Gasteiger partial charge in [0, 0.05) is 4.88 Å². The van der Waals surface area contributed by atoms with Gasteiger partial charge in [-0.3, -0.25) is 4.72 Å². The van der Waals surface area contributed by atoms with Gasteiger partial charge in [0.25, 0.3) is 10.0 Å². The van der Waals surface area contributed by atoms with Crippen LogP contribution in [-0.4, -0.2) is 8.42 Å². The Labute approximate surface area is 127 Å². The van der Waals surface area contributed by atoms with Crippen molar-refractivity contribution < 1.29 is 8.42 Å². The Morgan fingerprint density at radius 1 is 1.32 bits per heavy atom. The Morgan fingerprint density at radius 3 is 2.53 bits per heavy atom. The van der Waals surface area contributed by atoms with E-state index in [1.165, 1.54) is 17.4 Å². The highest BCUT2D eigenvalue weighted by atomic mass is 79.9. The average molecular weight is 377 g/mol. The number of sulfonamides is 1. The minimum absolute atomic E-state index is 0.215. The maximum absolute atomic E-state index is 12.2. The van der Waals surface area contributed by atoms with E-state index in [0.717, 1.165) is 25.6 Å². The van der Waals surface area contributed by atoms with E-state index in [-0.39, 0.29) is 4.21 Å². The second kappa shape index (κ2) is 5.25. The molecule has 2 heterocycles. The van der Waals surface area contributed by atoms with E-state index in [1.807, 2.05) is 19.9 Å². The lowest BCUT2D eigenvalue weighted by Gasteiger charge is -2.03. The van der Waals surface area contributed by atoms with Gasteiger partial charge >= 0.3 is 0 Å². The fourth-order valence-electron chi connectivity index (χ4n) is 1.45. The quantitative estimate of drug-likeness (QED) is 0.883. The lowest BCUT2D eigenvalue weighted by atomic mass is 10.2. The molecule has 1 N–H and O–H groups in total. The molecule has 2 aromatic rings. The van der Waals surface area contributed by atoms with Gasteiger partial charge in [0.2, 0.25) is 0 Å². The summed E-state index contributed by atoms with van der Waals surface area (Å²) < 4.78 is 27.8. The smallest absolute Gasteiger partial charge is 0.269 e. The predicted molar refractivity (Wildman–Crippen MR) is 81.3 cm³/mol. The van der Waals surface area contributed by atoms with E-state index < -0.39 is 10.0 Å².